The smallest absolute Gasteiger partial charge is 0.509 e. The van der Waals surface area contributed by atoms with Crippen LogP contribution in [0.25, 0.3) is 44.4 Å². The predicted molar refractivity (Wildman–Crippen MR) is 225 cm³/mol. The van der Waals surface area contributed by atoms with Gasteiger partial charge in [0.2, 0.25) is 0 Å². The molecule has 0 unspecified atom stereocenters. The van der Waals surface area contributed by atoms with Crippen molar-refractivity contribution in [2.45, 2.75) is 112 Å². The Morgan fingerprint density at radius 2 is 1.33 bits per heavy atom. The predicted octanol–water partition coefficient (Wildman–Crippen LogP) is 13.4. The van der Waals surface area contributed by atoms with Crippen LogP contribution in [0, 0.1) is 12.1 Å². The van der Waals surface area contributed by atoms with Crippen molar-refractivity contribution in [2.24, 2.45) is 0 Å². The van der Waals surface area contributed by atoms with Crippen molar-refractivity contribution in [1.29, 1.82) is 0 Å². The van der Waals surface area contributed by atoms with Crippen molar-refractivity contribution in [2.75, 3.05) is 0 Å². The van der Waals surface area contributed by atoms with Gasteiger partial charge in [-0.25, -0.2) is 4.98 Å². The SMILES string of the molecule is CC(C)c1ccnc(-n2c3[c-]c(Oc4[c-]c(-n5nc(C(C)C)c(-c6cc(C(C)(C)C)cc(C(C)(C)C)c6)c5C(C)C)ccc4)ccc3c3ccccc32)c1.[Pt+2]. The summed E-state index contributed by atoms with van der Waals surface area (Å²) in [4.78, 5) is 4.81. The average Bonchev–Trinajstić information content (AvgIpc) is 3.68. The van der Waals surface area contributed by atoms with E-state index in [0.29, 0.717) is 17.4 Å². The van der Waals surface area contributed by atoms with Crippen LogP contribution in [0.4, 0.5) is 0 Å². The molecule has 4 aromatic carbocycles. The Hall–Kier alpha value is -4.47. The van der Waals surface area contributed by atoms with E-state index in [-0.39, 0.29) is 43.7 Å². The second kappa shape index (κ2) is 15.2. The molecular formula is C49H54N4OPt. The third kappa shape index (κ3) is 7.83. The van der Waals surface area contributed by atoms with E-state index in [0.717, 1.165) is 39.0 Å². The molecule has 286 valence electrons. The summed E-state index contributed by atoms with van der Waals surface area (Å²) in [5.74, 6) is 2.90. The topological polar surface area (TPSA) is 44.9 Å². The van der Waals surface area contributed by atoms with E-state index in [1.54, 1.807) is 0 Å². The Balaban J connectivity index is 0.00000514. The molecule has 7 rings (SSSR count). The Labute approximate surface area is 342 Å². The van der Waals surface area contributed by atoms with Gasteiger partial charge in [-0.3, -0.25) is 4.68 Å². The van der Waals surface area contributed by atoms with Crippen LogP contribution in [0.5, 0.6) is 11.5 Å². The van der Waals surface area contributed by atoms with Crippen molar-refractivity contribution in [3.63, 3.8) is 0 Å². The second-order valence-corrected chi connectivity index (χ2v) is 17.7. The summed E-state index contributed by atoms with van der Waals surface area (Å²) in [5, 5.41) is 7.60. The number of benzene rings is 4. The molecule has 0 aliphatic carbocycles. The number of rotatable bonds is 8. The molecule has 6 heteroatoms. The molecule has 0 aliphatic heterocycles. The monoisotopic (exact) mass is 909 g/mol. The van der Waals surface area contributed by atoms with Gasteiger partial charge >= 0.3 is 21.1 Å². The largest absolute Gasteiger partial charge is 2.00 e. The van der Waals surface area contributed by atoms with E-state index >= 15 is 0 Å². The van der Waals surface area contributed by atoms with Crippen LogP contribution in [0.2, 0.25) is 0 Å². The molecular weight excluding hydrogens is 856 g/mol. The van der Waals surface area contributed by atoms with Crippen molar-refractivity contribution < 1.29 is 25.8 Å². The summed E-state index contributed by atoms with van der Waals surface area (Å²) in [6.07, 6.45) is 1.90. The van der Waals surface area contributed by atoms with E-state index in [1.165, 1.54) is 33.5 Å². The number of fused-ring (bicyclic) bond motifs is 3. The van der Waals surface area contributed by atoms with E-state index in [4.69, 9.17) is 14.8 Å². The first-order chi connectivity index (χ1) is 25.5. The van der Waals surface area contributed by atoms with Crippen LogP contribution in [0.3, 0.4) is 0 Å². The standard InChI is InChI=1S/C49H54N4O.Pt/c1-30(2)33-22-23-50-44(26-33)52-42-19-14-13-18-40(42)41-21-20-39(29-43(41)52)54-38-17-15-16-37(28-38)53-47(32(5)6)45(46(51-53)31(3)4)34-24-35(48(7,8)9)27-36(25-34)49(10,11)12;/h13-27,30-32H,1-12H3;/q-2;+2. The molecule has 0 atom stereocenters. The van der Waals surface area contributed by atoms with Gasteiger partial charge in [0.15, 0.2) is 0 Å². The first-order valence-corrected chi connectivity index (χ1v) is 19.4. The van der Waals surface area contributed by atoms with Crippen molar-refractivity contribution in [3.8, 4) is 34.1 Å². The number of ether oxygens (including phenoxy) is 1. The van der Waals surface area contributed by atoms with Crippen LogP contribution in [-0.4, -0.2) is 19.3 Å². The van der Waals surface area contributed by atoms with Crippen molar-refractivity contribution in [3.05, 3.63) is 131 Å². The van der Waals surface area contributed by atoms with E-state index in [1.807, 2.05) is 24.4 Å². The molecule has 0 fully saturated rings. The molecule has 0 radical (unpaired) electrons. The minimum Gasteiger partial charge on any atom is -0.509 e. The number of aromatic nitrogens is 4. The number of hydrogen-bond acceptors (Lipinski definition) is 3. The molecule has 7 aromatic rings. The number of hydrogen-bond donors (Lipinski definition) is 0. The van der Waals surface area contributed by atoms with Crippen LogP contribution in [0.1, 0.15) is 129 Å². The van der Waals surface area contributed by atoms with Crippen molar-refractivity contribution in [1.82, 2.24) is 19.3 Å². The normalized spacial score (nSPS) is 12.3. The van der Waals surface area contributed by atoms with Gasteiger partial charge in [0.25, 0.3) is 0 Å². The fraction of sp³-hybridized carbons (Fsp3) is 0.347. The van der Waals surface area contributed by atoms with Crippen LogP contribution < -0.4 is 4.74 Å². The Bertz CT molecular complexity index is 2450. The van der Waals surface area contributed by atoms with Crippen LogP contribution in [0.15, 0.2) is 91.1 Å². The Morgan fingerprint density at radius 1 is 0.655 bits per heavy atom. The van der Waals surface area contributed by atoms with Crippen LogP contribution >= 0.6 is 0 Å². The van der Waals surface area contributed by atoms with E-state index in [2.05, 4.69) is 171 Å². The summed E-state index contributed by atoms with van der Waals surface area (Å²) in [7, 11) is 0. The maximum atomic E-state index is 6.59. The quantitative estimate of drug-likeness (QED) is 0.143. The first-order valence-electron chi connectivity index (χ1n) is 19.4. The summed E-state index contributed by atoms with van der Waals surface area (Å²) >= 11 is 0. The van der Waals surface area contributed by atoms with Gasteiger partial charge < -0.3 is 9.30 Å². The molecule has 5 nitrogen and oxygen atoms in total. The molecule has 0 aliphatic rings. The maximum absolute atomic E-state index is 6.59. The Morgan fingerprint density at radius 3 is 1.96 bits per heavy atom. The van der Waals surface area contributed by atoms with Gasteiger partial charge in [-0.05, 0) is 80.1 Å². The maximum Gasteiger partial charge on any atom is 2.00 e. The third-order valence-corrected chi connectivity index (χ3v) is 10.4. The Kier molecular flexibility index (Phi) is 11.1. The first kappa shape index (κ1) is 40.2. The zero-order chi connectivity index (χ0) is 38.7. The molecule has 55 heavy (non-hydrogen) atoms. The number of pyridine rings is 1. The van der Waals surface area contributed by atoms with Gasteiger partial charge in [-0.15, -0.1) is 35.7 Å². The van der Waals surface area contributed by atoms with Gasteiger partial charge in [-0.1, -0.05) is 125 Å². The second-order valence-electron chi connectivity index (χ2n) is 17.7. The fourth-order valence-corrected chi connectivity index (χ4v) is 7.33. The van der Waals surface area contributed by atoms with Crippen LogP contribution in [-0.2, 0) is 31.9 Å². The molecule has 0 bridgehead atoms. The fourth-order valence-electron chi connectivity index (χ4n) is 7.33. The summed E-state index contributed by atoms with van der Waals surface area (Å²) in [5.41, 5.74) is 11.5. The number of para-hydroxylation sites is 1. The third-order valence-electron chi connectivity index (χ3n) is 10.4. The van der Waals surface area contributed by atoms with Gasteiger partial charge in [0.1, 0.15) is 5.82 Å². The van der Waals surface area contributed by atoms with Gasteiger partial charge in [-0.2, -0.15) is 17.2 Å². The van der Waals surface area contributed by atoms with Gasteiger partial charge in [0.05, 0.1) is 11.4 Å². The summed E-state index contributed by atoms with van der Waals surface area (Å²) in [6.45, 7) is 27.2. The minimum atomic E-state index is 0. The average molecular weight is 910 g/mol. The molecule has 0 N–H and O–H groups in total. The molecule has 3 aromatic heterocycles. The zero-order valence-corrected chi connectivity index (χ0v) is 36.7. The molecule has 0 spiro atoms. The minimum absolute atomic E-state index is 0. The summed E-state index contributed by atoms with van der Waals surface area (Å²) in [6, 6.07) is 37.3. The molecule has 0 saturated carbocycles. The summed E-state index contributed by atoms with van der Waals surface area (Å²) < 4.78 is 10.9. The van der Waals surface area contributed by atoms with E-state index in [9.17, 15) is 0 Å². The molecule has 3 heterocycles. The number of nitrogens with zero attached hydrogens (tertiary/aromatic N) is 4. The zero-order valence-electron chi connectivity index (χ0n) is 34.4. The van der Waals surface area contributed by atoms with E-state index < -0.39 is 0 Å². The van der Waals surface area contributed by atoms with Crippen molar-refractivity contribution >= 4 is 21.8 Å². The molecule has 0 saturated heterocycles. The molecule has 0 amide bonds. The van der Waals surface area contributed by atoms with Gasteiger partial charge in [0, 0.05) is 28.8 Å².